The lowest BCUT2D eigenvalue weighted by Gasteiger charge is -2.57. The zero-order valence-corrected chi connectivity index (χ0v) is 16.9. The zero-order valence-electron chi connectivity index (χ0n) is 16.9. The van der Waals surface area contributed by atoms with E-state index in [2.05, 4.69) is 67.3 Å². The van der Waals surface area contributed by atoms with Gasteiger partial charge in [-0.3, -0.25) is 0 Å². The summed E-state index contributed by atoms with van der Waals surface area (Å²) in [4.78, 5) is 29.1. The van der Waals surface area contributed by atoms with Gasteiger partial charge in [0.15, 0.2) is 0 Å². The van der Waals surface area contributed by atoms with Gasteiger partial charge in [-0.15, -0.1) is 0 Å². The standard InChI is InChI=1S/C20H32N2O3/c1-17(2)15(13-23)9-11-21(19(17,5)6)25-22-12-10-16(14-24)18(3,4)20(22,7)8/h9-12H2,1-8H3. The van der Waals surface area contributed by atoms with Crippen LogP contribution in [0, 0.1) is 10.8 Å². The second-order valence-corrected chi connectivity index (χ2v) is 9.32. The van der Waals surface area contributed by atoms with Crippen LogP contribution in [0.2, 0.25) is 0 Å². The Hall–Kier alpha value is -1.22. The van der Waals surface area contributed by atoms with Gasteiger partial charge >= 0.3 is 0 Å². The van der Waals surface area contributed by atoms with E-state index in [0.29, 0.717) is 25.9 Å². The van der Waals surface area contributed by atoms with E-state index >= 15 is 0 Å². The molecule has 0 N–H and O–H groups in total. The van der Waals surface area contributed by atoms with Crippen molar-refractivity contribution in [2.45, 2.75) is 79.3 Å². The molecule has 0 aromatic rings. The lowest BCUT2D eigenvalue weighted by Crippen LogP contribution is -2.65. The lowest BCUT2D eigenvalue weighted by atomic mass is 9.66. The molecule has 2 heterocycles. The molecule has 0 bridgehead atoms. The third-order valence-corrected chi connectivity index (χ3v) is 7.39. The Kier molecular flexibility index (Phi) is 4.98. The van der Waals surface area contributed by atoms with Crippen LogP contribution in [0.3, 0.4) is 0 Å². The fourth-order valence-electron chi connectivity index (χ4n) is 3.73. The van der Waals surface area contributed by atoms with Crippen LogP contribution >= 0.6 is 0 Å². The summed E-state index contributed by atoms with van der Waals surface area (Å²) in [5.74, 6) is 4.28. The van der Waals surface area contributed by atoms with Crippen LogP contribution in [-0.2, 0) is 14.5 Å². The Bertz CT molecular complexity index is 592. The topological polar surface area (TPSA) is 49.9 Å². The third-order valence-electron chi connectivity index (χ3n) is 7.39. The number of piperidine rings is 2. The third kappa shape index (κ3) is 2.85. The van der Waals surface area contributed by atoms with Gasteiger partial charge in [0.1, 0.15) is 11.9 Å². The van der Waals surface area contributed by atoms with Gasteiger partial charge in [0.25, 0.3) is 0 Å². The SMILES string of the molecule is CC1(C)C(=C=O)CCN(ON2CCC(=C=O)C(C)(C)C2(C)C)C1(C)C. The molecule has 2 fully saturated rings. The second-order valence-electron chi connectivity index (χ2n) is 9.32. The number of carbonyl (C=O) groups excluding carboxylic acids is 2. The summed E-state index contributed by atoms with van der Waals surface area (Å²) in [7, 11) is 0. The number of rotatable bonds is 2. The molecule has 2 saturated heterocycles. The molecule has 0 saturated carbocycles. The first-order valence-corrected chi connectivity index (χ1v) is 9.06. The Morgan fingerprint density at radius 3 is 1.32 bits per heavy atom. The van der Waals surface area contributed by atoms with E-state index in [9.17, 15) is 9.59 Å². The van der Waals surface area contributed by atoms with Crippen molar-refractivity contribution in [1.29, 1.82) is 0 Å². The highest BCUT2D eigenvalue weighted by Crippen LogP contribution is 2.49. The molecule has 0 atom stereocenters. The number of hydrogen-bond donors (Lipinski definition) is 0. The maximum atomic E-state index is 11.3. The first kappa shape index (κ1) is 20.1. The van der Waals surface area contributed by atoms with E-state index < -0.39 is 0 Å². The van der Waals surface area contributed by atoms with Crippen molar-refractivity contribution in [3.05, 3.63) is 11.1 Å². The van der Waals surface area contributed by atoms with Crippen molar-refractivity contribution < 1.29 is 14.5 Å². The molecule has 140 valence electrons. The predicted molar refractivity (Wildman–Crippen MR) is 97.9 cm³/mol. The first-order chi connectivity index (χ1) is 11.3. The molecule has 25 heavy (non-hydrogen) atoms. The van der Waals surface area contributed by atoms with Crippen molar-refractivity contribution in [2.24, 2.45) is 10.8 Å². The molecular formula is C20H32N2O3. The van der Waals surface area contributed by atoms with Crippen LogP contribution < -0.4 is 0 Å². The van der Waals surface area contributed by atoms with Gasteiger partial charge in [0.05, 0.1) is 11.1 Å². The maximum Gasteiger partial charge on any atom is 0.124 e. The highest BCUT2D eigenvalue weighted by atomic mass is 16.8. The van der Waals surface area contributed by atoms with Crippen LogP contribution in [0.25, 0.3) is 0 Å². The van der Waals surface area contributed by atoms with Crippen molar-refractivity contribution in [1.82, 2.24) is 10.1 Å². The van der Waals surface area contributed by atoms with Gasteiger partial charge in [-0.05, 0) is 40.5 Å². The van der Waals surface area contributed by atoms with Crippen LogP contribution in [0.5, 0.6) is 0 Å². The van der Waals surface area contributed by atoms with Crippen LogP contribution in [0.15, 0.2) is 11.1 Å². The smallest absolute Gasteiger partial charge is 0.124 e. The van der Waals surface area contributed by atoms with E-state index in [4.69, 9.17) is 4.94 Å². The summed E-state index contributed by atoms with van der Waals surface area (Å²) < 4.78 is 0. The van der Waals surface area contributed by atoms with E-state index in [0.717, 1.165) is 11.1 Å². The summed E-state index contributed by atoms with van der Waals surface area (Å²) in [5.41, 5.74) is 0.216. The average Bonchev–Trinajstić information content (AvgIpc) is 2.49. The van der Waals surface area contributed by atoms with Crippen molar-refractivity contribution in [2.75, 3.05) is 13.1 Å². The Morgan fingerprint density at radius 2 is 1.04 bits per heavy atom. The minimum absolute atomic E-state index is 0.337. The van der Waals surface area contributed by atoms with Gasteiger partial charge in [-0.25, -0.2) is 14.5 Å². The fraction of sp³-hybridized carbons (Fsp3) is 0.800. The fourth-order valence-corrected chi connectivity index (χ4v) is 3.73. The van der Waals surface area contributed by atoms with Gasteiger partial charge in [0.2, 0.25) is 0 Å². The molecule has 5 nitrogen and oxygen atoms in total. The number of hydroxylamine groups is 4. The van der Waals surface area contributed by atoms with Gasteiger partial charge in [0, 0.05) is 35.1 Å². The van der Waals surface area contributed by atoms with Crippen molar-refractivity contribution >= 4 is 11.9 Å². The average molecular weight is 348 g/mol. The monoisotopic (exact) mass is 348 g/mol. The van der Waals surface area contributed by atoms with Crippen LogP contribution in [0.4, 0.5) is 0 Å². The summed E-state index contributed by atoms with van der Waals surface area (Å²) >= 11 is 0. The summed E-state index contributed by atoms with van der Waals surface area (Å²) in [6.07, 6.45) is 1.30. The van der Waals surface area contributed by atoms with Gasteiger partial charge < -0.3 is 0 Å². The summed E-state index contributed by atoms with van der Waals surface area (Å²) in [6, 6.07) is 0. The number of hydrogen-bond acceptors (Lipinski definition) is 5. The quantitative estimate of drug-likeness (QED) is 0.716. The second kappa shape index (κ2) is 6.19. The van der Waals surface area contributed by atoms with Gasteiger partial charge in [-0.1, -0.05) is 27.7 Å². The Balaban J connectivity index is 2.31. The first-order valence-electron chi connectivity index (χ1n) is 9.06. The summed E-state index contributed by atoms with van der Waals surface area (Å²) in [5, 5.41) is 3.97. The van der Waals surface area contributed by atoms with Crippen LogP contribution in [-0.4, -0.2) is 46.2 Å². The molecule has 0 amide bonds. The maximum absolute atomic E-state index is 11.3. The van der Waals surface area contributed by atoms with E-state index in [1.54, 1.807) is 0 Å². The zero-order chi connectivity index (χ0) is 19.3. The Morgan fingerprint density at radius 1 is 0.720 bits per heavy atom. The minimum Gasteiger partial charge on any atom is -0.234 e. The lowest BCUT2D eigenvalue weighted by molar-refractivity contribution is -0.405. The molecule has 2 aliphatic heterocycles. The van der Waals surface area contributed by atoms with E-state index in [1.165, 1.54) is 0 Å². The van der Waals surface area contributed by atoms with Gasteiger partial charge in [-0.2, -0.15) is 10.1 Å². The summed E-state index contributed by atoms with van der Waals surface area (Å²) in [6.45, 7) is 18.0. The molecule has 5 heteroatoms. The molecule has 0 aliphatic carbocycles. The van der Waals surface area contributed by atoms with E-state index in [-0.39, 0.29) is 21.9 Å². The number of nitrogens with zero attached hydrogens (tertiary/aromatic N) is 2. The predicted octanol–water partition coefficient (Wildman–Crippen LogP) is 3.37. The van der Waals surface area contributed by atoms with Crippen molar-refractivity contribution in [3.8, 4) is 0 Å². The molecule has 2 aliphatic rings. The molecule has 0 aromatic carbocycles. The molecule has 0 radical (unpaired) electrons. The molecule has 0 aromatic heterocycles. The molecule has 0 spiro atoms. The molecule has 0 unspecified atom stereocenters. The normalized spacial score (nSPS) is 28.3. The molecule has 2 rings (SSSR count). The highest BCUT2D eigenvalue weighted by Gasteiger charge is 2.53. The minimum atomic E-state index is -0.362. The van der Waals surface area contributed by atoms with Crippen molar-refractivity contribution in [3.63, 3.8) is 0 Å². The molecular weight excluding hydrogens is 316 g/mol. The largest absolute Gasteiger partial charge is 0.234 e. The Labute approximate surface area is 151 Å². The highest BCUT2D eigenvalue weighted by molar-refractivity contribution is 5.57. The van der Waals surface area contributed by atoms with Crippen LogP contribution in [0.1, 0.15) is 68.2 Å². The van der Waals surface area contributed by atoms with E-state index in [1.807, 2.05) is 10.1 Å².